The first-order chi connectivity index (χ1) is 8.58. The van der Waals surface area contributed by atoms with Gasteiger partial charge in [-0.1, -0.05) is 11.6 Å². The predicted octanol–water partition coefficient (Wildman–Crippen LogP) is 2.16. The summed E-state index contributed by atoms with van der Waals surface area (Å²) in [5.41, 5.74) is 0. The van der Waals surface area contributed by atoms with E-state index in [4.69, 9.17) is 21.1 Å². The molecule has 1 aliphatic heterocycles. The van der Waals surface area contributed by atoms with Crippen LogP contribution in [0.25, 0.3) is 0 Å². The van der Waals surface area contributed by atoms with Crippen molar-refractivity contribution in [3.8, 4) is 0 Å². The minimum Gasteiger partial charge on any atom is -0.467 e. The summed E-state index contributed by atoms with van der Waals surface area (Å²) in [5, 5.41) is 0. The molecule has 4 nitrogen and oxygen atoms in total. The Labute approximate surface area is 115 Å². The molecule has 2 rings (SSSR count). The molecule has 0 aliphatic carbocycles. The van der Waals surface area contributed by atoms with Crippen molar-refractivity contribution < 1.29 is 14.3 Å². The Morgan fingerprint density at radius 2 is 2.39 bits per heavy atom. The molecular weight excluding hydrogens is 274 g/mol. The normalized spacial score (nSPS) is 25.1. The third-order valence-electron chi connectivity index (χ3n) is 2.81. The van der Waals surface area contributed by atoms with Gasteiger partial charge in [0.25, 0.3) is 0 Å². The molecule has 1 aromatic heterocycles. The van der Waals surface area contributed by atoms with Crippen LogP contribution in [-0.2, 0) is 20.8 Å². The molecule has 0 radical (unpaired) electrons. The molecule has 18 heavy (non-hydrogen) atoms. The largest absolute Gasteiger partial charge is 0.467 e. The molecule has 0 spiro atoms. The Bertz CT molecular complexity index is 423. The van der Waals surface area contributed by atoms with Gasteiger partial charge in [-0.15, -0.1) is 11.3 Å². The lowest BCUT2D eigenvalue weighted by atomic mass is 10.2. The number of methoxy groups -OCH3 is 1. The summed E-state index contributed by atoms with van der Waals surface area (Å²) in [6.45, 7) is 4.12. The van der Waals surface area contributed by atoms with Crippen LogP contribution in [0, 0.1) is 0 Å². The highest BCUT2D eigenvalue weighted by atomic mass is 35.5. The van der Waals surface area contributed by atoms with Gasteiger partial charge in [0.2, 0.25) is 0 Å². The molecule has 2 atom stereocenters. The number of morpholine rings is 1. The average molecular weight is 290 g/mol. The van der Waals surface area contributed by atoms with Crippen LogP contribution in [0.1, 0.15) is 11.8 Å². The lowest BCUT2D eigenvalue weighted by Crippen LogP contribution is -2.49. The molecule has 1 fully saturated rings. The van der Waals surface area contributed by atoms with Crippen LogP contribution >= 0.6 is 22.9 Å². The SMILES string of the molecule is COC(=O)[C@H]1CN(Cc2ccc(Cl)s2)C[C@@H](C)O1. The summed E-state index contributed by atoms with van der Waals surface area (Å²) < 4.78 is 11.1. The second-order valence-electron chi connectivity index (χ2n) is 4.36. The molecule has 1 saturated heterocycles. The van der Waals surface area contributed by atoms with E-state index in [1.807, 2.05) is 19.1 Å². The maximum Gasteiger partial charge on any atom is 0.336 e. The highest BCUT2D eigenvalue weighted by molar-refractivity contribution is 7.16. The smallest absolute Gasteiger partial charge is 0.336 e. The Hall–Kier alpha value is -0.620. The zero-order valence-electron chi connectivity index (χ0n) is 10.4. The quantitative estimate of drug-likeness (QED) is 0.800. The van der Waals surface area contributed by atoms with Gasteiger partial charge in [-0.2, -0.15) is 0 Å². The van der Waals surface area contributed by atoms with E-state index in [9.17, 15) is 4.79 Å². The Morgan fingerprint density at radius 3 is 3.00 bits per heavy atom. The first-order valence-electron chi connectivity index (χ1n) is 5.78. The van der Waals surface area contributed by atoms with Crippen molar-refractivity contribution in [1.82, 2.24) is 4.90 Å². The summed E-state index contributed by atoms with van der Waals surface area (Å²) in [4.78, 5) is 14.9. The van der Waals surface area contributed by atoms with Crippen molar-refractivity contribution in [2.45, 2.75) is 25.7 Å². The third kappa shape index (κ3) is 3.45. The van der Waals surface area contributed by atoms with Crippen molar-refractivity contribution >= 4 is 28.9 Å². The lowest BCUT2D eigenvalue weighted by molar-refractivity contribution is -0.166. The minimum atomic E-state index is -0.491. The van der Waals surface area contributed by atoms with Gasteiger partial charge in [0.1, 0.15) is 0 Å². The minimum absolute atomic E-state index is 0.0262. The number of hydrogen-bond donors (Lipinski definition) is 0. The average Bonchev–Trinajstić information content (AvgIpc) is 2.73. The van der Waals surface area contributed by atoms with E-state index in [1.54, 1.807) is 11.3 Å². The van der Waals surface area contributed by atoms with Crippen molar-refractivity contribution in [3.05, 3.63) is 21.3 Å². The second-order valence-corrected chi connectivity index (χ2v) is 6.16. The van der Waals surface area contributed by atoms with Gasteiger partial charge >= 0.3 is 5.97 Å². The van der Waals surface area contributed by atoms with Crippen molar-refractivity contribution in [1.29, 1.82) is 0 Å². The molecule has 100 valence electrons. The molecule has 0 aromatic carbocycles. The molecule has 0 N–H and O–H groups in total. The molecule has 0 amide bonds. The van der Waals surface area contributed by atoms with Crippen LogP contribution in [0.5, 0.6) is 0 Å². The maximum atomic E-state index is 11.5. The zero-order valence-corrected chi connectivity index (χ0v) is 12.0. The fraction of sp³-hybridized carbons (Fsp3) is 0.583. The fourth-order valence-corrected chi connectivity index (χ4v) is 3.22. The molecule has 1 aliphatic rings. The number of esters is 1. The van der Waals surface area contributed by atoms with Gasteiger partial charge in [-0.05, 0) is 19.1 Å². The molecule has 0 bridgehead atoms. The molecular formula is C12H16ClNO3S. The summed E-state index contributed by atoms with van der Waals surface area (Å²) in [7, 11) is 1.38. The Morgan fingerprint density at radius 1 is 1.61 bits per heavy atom. The van der Waals surface area contributed by atoms with Gasteiger partial charge in [-0.3, -0.25) is 4.90 Å². The monoisotopic (exact) mass is 289 g/mol. The highest BCUT2D eigenvalue weighted by Crippen LogP contribution is 2.24. The molecule has 0 unspecified atom stereocenters. The van der Waals surface area contributed by atoms with Crippen LogP contribution in [0.4, 0.5) is 0 Å². The maximum absolute atomic E-state index is 11.5. The van der Waals surface area contributed by atoms with Crippen LogP contribution in [-0.4, -0.2) is 43.3 Å². The first-order valence-corrected chi connectivity index (χ1v) is 6.98. The Kier molecular flexibility index (Phi) is 4.61. The van der Waals surface area contributed by atoms with Crippen LogP contribution in [0.2, 0.25) is 4.34 Å². The summed E-state index contributed by atoms with van der Waals surface area (Å²) in [6, 6.07) is 3.91. The molecule has 1 aromatic rings. The van der Waals surface area contributed by atoms with E-state index in [1.165, 1.54) is 12.0 Å². The number of nitrogens with zero attached hydrogens (tertiary/aromatic N) is 1. The van der Waals surface area contributed by atoms with Crippen LogP contribution in [0.15, 0.2) is 12.1 Å². The first kappa shape index (κ1) is 13.8. The van der Waals surface area contributed by atoms with E-state index in [0.29, 0.717) is 6.54 Å². The summed E-state index contributed by atoms with van der Waals surface area (Å²) in [5.74, 6) is -0.309. The van der Waals surface area contributed by atoms with E-state index in [-0.39, 0.29) is 12.1 Å². The Balaban J connectivity index is 1.98. The number of ether oxygens (including phenoxy) is 2. The van der Waals surface area contributed by atoms with Gasteiger partial charge in [0.15, 0.2) is 6.10 Å². The number of thiophene rings is 1. The summed E-state index contributed by atoms with van der Waals surface area (Å²) >= 11 is 7.47. The van der Waals surface area contributed by atoms with E-state index in [0.717, 1.165) is 17.4 Å². The van der Waals surface area contributed by atoms with Gasteiger partial charge in [-0.25, -0.2) is 4.79 Å². The van der Waals surface area contributed by atoms with Gasteiger partial charge in [0.05, 0.1) is 17.6 Å². The topological polar surface area (TPSA) is 38.8 Å². The number of hydrogen-bond acceptors (Lipinski definition) is 5. The van der Waals surface area contributed by atoms with Crippen LogP contribution in [0.3, 0.4) is 0 Å². The fourth-order valence-electron chi connectivity index (χ4n) is 2.09. The van der Waals surface area contributed by atoms with Gasteiger partial charge < -0.3 is 9.47 Å². The number of halogens is 1. The summed E-state index contributed by atoms with van der Waals surface area (Å²) in [6.07, 6.45) is -0.465. The van der Waals surface area contributed by atoms with Crippen molar-refractivity contribution in [2.75, 3.05) is 20.2 Å². The standard InChI is InChI=1S/C12H16ClNO3S/c1-8-5-14(6-9-3-4-11(13)18-9)7-10(17-8)12(15)16-2/h3-4,8,10H,5-7H2,1-2H3/t8-,10-/m1/s1. The van der Waals surface area contributed by atoms with Crippen LogP contribution < -0.4 is 0 Å². The molecule has 2 heterocycles. The lowest BCUT2D eigenvalue weighted by Gasteiger charge is -2.35. The number of carbonyl (C=O) groups excluding carboxylic acids is 1. The zero-order chi connectivity index (χ0) is 13.1. The number of carbonyl (C=O) groups is 1. The molecule has 6 heteroatoms. The molecule has 0 saturated carbocycles. The van der Waals surface area contributed by atoms with E-state index >= 15 is 0 Å². The highest BCUT2D eigenvalue weighted by Gasteiger charge is 2.31. The second kappa shape index (κ2) is 6.02. The van der Waals surface area contributed by atoms with E-state index < -0.39 is 6.10 Å². The third-order valence-corrected chi connectivity index (χ3v) is 4.02. The van der Waals surface area contributed by atoms with E-state index in [2.05, 4.69) is 4.90 Å². The number of rotatable bonds is 3. The van der Waals surface area contributed by atoms with Crippen molar-refractivity contribution in [2.24, 2.45) is 0 Å². The van der Waals surface area contributed by atoms with Crippen molar-refractivity contribution in [3.63, 3.8) is 0 Å². The van der Waals surface area contributed by atoms with Gasteiger partial charge in [0, 0.05) is 24.5 Å². The predicted molar refractivity (Wildman–Crippen MR) is 71.0 cm³/mol.